The molecule has 1 heterocycles. The van der Waals surface area contributed by atoms with Crippen LogP contribution in [0.2, 0.25) is 0 Å². The Morgan fingerprint density at radius 3 is 2.69 bits per heavy atom. The fourth-order valence-electron chi connectivity index (χ4n) is 1.05. The van der Waals surface area contributed by atoms with Crippen molar-refractivity contribution in [3.8, 4) is 0 Å². The molecule has 13 heavy (non-hydrogen) atoms. The average Bonchev–Trinajstić information content (AvgIpc) is 2.06. The van der Waals surface area contributed by atoms with Crippen LogP contribution in [0, 0.1) is 6.92 Å². The van der Waals surface area contributed by atoms with E-state index in [0.29, 0.717) is 0 Å². The molecule has 1 rings (SSSR count). The second kappa shape index (κ2) is 8.37. The van der Waals surface area contributed by atoms with Crippen molar-refractivity contribution in [3.05, 3.63) is 30.1 Å². The maximum atomic E-state index is 8.78. The van der Waals surface area contributed by atoms with Crippen LogP contribution in [-0.4, -0.2) is 14.2 Å². The van der Waals surface area contributed by atoms with E-state index in [1.165, 1.54) is 12.0 Å². The van der Waals surface area contributed by atoms with E-state index in [4.69, 9.17) is 3.80 Å². The van der Waals surface area contributed by atoms with E-state index in [-0.39, 0.29) is 0 Å². The normalized spacial score (nSPS) is 8.23. The van der Waals surface area contributed by atoms with Crippen molar-refractivity contribution in [1.82, 2.24) is 0 Å². The monoisotopic (exact) mass is 214 g/mol. The molecule has 70 valence electrons. The molecule has 0 fully saturated rings. The first kappa shape index (κ1) is 12.8. The van der Waals surface area contributed by atoms with Crippen LogP contribution in [0.4, 0.5) is 0 Å². The van der Waals surface area contributed by atoms with E-state index >= 15 is 0 Å². The predicted molar refractivity (Wildman–Crippen MR) is 54.0 cm³/mol. The van der Waals surface area contributed by atoms with Gasteiger partial charge in [-0.2, -0.15) is 0 Å². The molecule has 0 radical (unpaired) electrons. The van der Waals surface area contributed by atoms with Gasteiger partial charge in [-0.25, -0.2) is 4.57 Å². The van der Waals surface area contributed by atoms with Crippen LogP contribution in [0.25, 0.3) is 0 Å². The van der Waals surface area contributed by atoms with Crippen molar-refractivity contribution in [2.24, 2.45) is 0 Å². The molecule has 0 aliphatic heterocycles. The van der Waals surface area contributed by atoms with Gasteiger partial charge in [0.15, 0.2) is 12.4 Å². The maximum absolute atomic E-state index is 8.78. The summed E-state index contributed by atoms with van der Waals surface area (Å²) in [6, 6.07) is 4.21. The average molecular weight is 215 g/mol. The third-order valence-corrected chi connectivity index (χ3v) is 1.49. The topological polar surface area (TPSA) is 20.9 Å². The van der Waals surface area contributed by atoms with Gasteiger partial charge in [0, 0.05) is 18.1 Å². The molecule has 0 aromatic carbocycles. The van der Waals surface area contributed by atoms with Gasteiger partial charge in [-0.15, -0.1) is 0 Å². The quantitative estimate of drug-likeness (QED) is 0.544. The van der Waals surface area contributed by atoms with Crippen LogP contribution >= 0.6 is 10.0 Å². The molecule has 0 spiro atoms. The van der Waals surface area contributed by atoms with E-state index in [2.05, 4.69) is 53.0 Å². The zero-order chi connectivity index (χ0) is 10.1. The van der Waals surface area contributed by atoms with Gasteiger partial charge in [0.2, 0.25) is 0 Å². The minimum absolute atomic E-state index is 1.03. The van der Waals surface area contributed by atoms with Gasteiger partial charge in [0.1, 0.15) is 6.54 Å². The molecule has 4 heteroatoms. The third kappa shape index (κ3) is 6.89. The SMILES string of the molecule is CCC[n+]1cccc(C)c1.[O]=[Al][Cl]. The molecule has 0 unspecified atom stereocenters. The Balaban J connectivity index is 0.000000424. The van der Waals surface area contributed by atoms with Crippen LogP contribution in [-0.2, 0) is 10.3 Å². The summed E-state index contributed by atoms with van der Waals surface area (Å²) in [4.78, 5) is 0. The van der Waals surface area contributed by atoms with Crippen molar-refractivity contribution in [2.75, 3.05) is 0 Å². The number of aryl methyl sites for hydroxylation is 2. The molecule has 1 aromatic heterocycles. The van der Waals surface area contributed by atoms with Crippen LogP contribution in [0.1, 0.15) is 18.9 Å². The number of hydrogen-bond acceptors (Lipinski definition) is 1. The standard InChI is InChI=1S/C9H14N.Al.ClH.O/c1-3-6-10-7-4-5-9(2)8-10;;;/h4-5,7-8H,3,6H2,1-2H3;;1H;/q2*+1;;/p-1. The zero-order valence-corrected chi connectivity index (χ0v) is 9.95. The summed E-state index contributed by atoms with van der Waals surface area (Å²) in [6.45, 7) is 5.43. The van der Waals surface area contributed by atoms with Gasteiger partial charge in [0.05, 0.1) is 0 Å². The second-order valence-electron chi connectivity index (χ2n) is 2.71. The summed E-state index contributed by atoms with van der Waals surface area (Å²) in [7, 11) is 4.53. The molecule has 0 saturated heterocycles. The van der Waals surface area contributed by atoms with Gasteiger partial charge >= 0.3 is 28.1 Å². The summed E-state index contributed by atoms with van der Waals surface area (Å²) in [5.74, 6) is 0. The first-order valence-electron chi connectivity index (χ1n) is 4.24. The Hall–Kier alpha value is -0.228. The first-order chi connectivity index (χ1) is 6.24. The summed E-state index contributed by atoms with van der Waals surface area (Å²) < 4.78 is 11.0. The molecule has 0 bridgehead atoms. The van der Waals surface area contributed by atoms with E-state index in [0.717, 1.165) is 6.54 Å². The van der Waals surface area contributed by atoms with Gasteiger partial charge in [0.25, 0.3) is 0 Å². The first-order valence-corrected chi connectivity index (χ1v) is 6.45. The Kier molecular flexibility index (Phi) is 8.23. The van der Waals surface area contributed by atoms with E-state index in [9.17, 15) is 0 Å². The van der Waals surface area contributed by atoms with Gasteiger partial charge < -0.3 is 0 Å². The Labute approximate surface area is 89.7 Å². The summed E-state index contributed by atoms with van der Waals surface area (Å²) in [5, 5.41) is 0. The van der Waals surface area contributed by atoms with E-state index < -0.39 is 14.2 Å². The van der Waals surface area contributed by atoms with Gasteiger partial charge in [-0.3, -0.25) is 0 Å². The molecule has 0 aliphatic rings. The Bertz CT molecular complexity index is 255. The zero-order valence-electron chi connectivity index (χ0n) is 8.03. The number of halogens is 1. The molecule has 0 saturated carbocycles. The fourth-order valence-corrected chi connectivity index (χ4v) is 1.05. The molecule has 0 amide bonds. The van der Waals surface area contributed by atoms with E-state index in [1.54, 1.807) is 0 Å². The van der Waals surface area contributed by atoms with Crippen molar-refractivity contribution >= 4 is 24.3 Å². The van der Waals surface area contributed by atoms with Crippen LogP contribution in [0.5, 0.6) is 0 Å². The number of rotatable bonds is 2. The molecular formula is C9H14AlClNO+. The van der Waals surface area contributed by atoms with Crippen LogP contribution < -0.4 is 4.57 Å². The number of hydrogen-bond donors (Lipinski definition) is 0. The summed E-state index contributed by atoms with van der Waals surface area (Å²) in [5.41, 5.74) is 1.33. The summed E-state index contributed by atoms with van der Waals surface area (Å²) in [6.07, 6.45) is 5.48. The van der Waals surface area contributed by atoms with Gasteiger partial charge in [-0.05, 0) is 13.0 Å². The Morgan fingerprint density at radius 2 is 2.23 bits per heavy atom. The van der Waals surface area contributed by atoms with Gasteiger partial charge in [-0.1, -0.05) is 6.92 Å². The summed E-state index contributed by atoms with van der Waals surface area (Å²) >= 11 is -1.03. The second-order valence-corrected chi connectivity index (χ2v) is 3.42. The van der Waals surface area contributed by atoms with Crippen LogP contribution in [0.15, 0.2) is 24.5 Å². The minimum atomic E-state index is -1.03. The third-order valence-electron chi connectivity index (χ3n) is 1.49. The number of pyridine rings is 1. The molecule has 1 aromatic rings. The molecule has 0 N–H and O–H groups in total. The Morgan fingerprint density at radius 1 is 1.62 bits per heavy atom. The molecule has 2 nitrogen and oxygen atoms in total. The van der Waals surface area contributed by atoms with Crippen molar-refractivity contribution in [2.45, 2.75) is 26.8 Å². The van der Waals surface area contributed by atoms with Crippen molar-refractivity contribution < 1.29 is 8.37 Å². The number of nitrogens with zero attached hydrogens (tertiary/aromatic N) is 1. The van der Waals surface area contributed by atoms with Crippen molar-refractivity contribution in [3.63, 3.8) is 0 Å². The van der Waals surface area contributed by atoms with E-state index in [1.807, 2.05) is 0 Å². The molecule has 0 aliphatic carbocycles. The molecular weight excluding hydrogens is 201 g/mol. The fraction of sp³-hybridized carbons (Fsp3) is 0.444. The van der Waals surface area contributed by atoms with Crippen molar-refractivity contribution in [1.29, 1.82) is 0 Å². The predicted octanol–water partition coefficient (Wildman–Crippen LogP) is 1.88. The molecule has 0 atom stereocenters. The van der Waals surface area contributed by atoms with Crippen LogP contribution in [0.3, 0.4) is 0 Å². The number of aromatic nitrogens is 1.